The standard InChI is InChI=1S/C27H30ClN3O2S/c1-15(2)31-23-10-16(3)18(11-21(23)17(4)14-27(31,5)6)12-22-24(32)29-26(34)30(25(22)33)20-9-7-8-19(28)13-20/h7-13,15,17H,14H2,1-6H3,(H,29,32,34)/b22-12+/t17-/m0/s1. The second kappa shape index (κ2) is 8.82. The second-order valence-corrected chi connectivity index (χ2v) is 10.9. The summed E-state index contributed by atoms with van der Waals surface area (Å²) in [5.41, 5.74) is 4.91. The Kier molecular flexibility index (Phi) is 6.34. The minimum absolute atomic E-state index is 0.0411. The van der Waals surface area contributed by atoms with Gasteiger partial charge in [0.05, 0.1) is 5.69 Å². The molecule has 2 aromatic carbocycles. The molecule has 4 rings (SSSR count). The molecule has 0 bridgehead atoms. The highest BCUT2D eigenvalue weighted by Crippen LogP contribution is 2.45. The molecule has 5 nitrogen and oxygen atoms in total. The quantitative estimate of drug-likeness (QED) is 0.323. The molecule has 1 N–H and O–H groups in total. The summed E-state index contributed by atoms with van der Waals surface area (Å²) >= 11 is 11.4. The van der Waals surface area contributed by atoms with Gasteiger partial charge < -0.3 is 4.90 Å². The first-order valence-corrected chi connectivity index (χ1v) is 12.3. The fraction of sp³-hybridized carbons (Fsp3) is 0.370. The van der Waals surface area contributed by atoms with E-state index in [2.05, 4.69) is 57.0 Å². The number of aryl methyl sites for hydroxylation is 1. The Morgan fingerprint density at radius 3 is 2.56 bits per heavy atom. The highest BCUT2D eigenvalue weighted by atomic mass is 35.5. The van der Waals surface area contributed by atoms with Gasteiger partial charge in [0.1, 0.15) is 5.57 Å². The average molecular weight is 496 g/mol. The molecule has 2 aliphatic heterocycles. The third-order valence-corrected chi connectivity index (χ3v) is 7.17. The van der Waals surface area contributed by atoms with Crippen LogP contribution >= 0.6 is 23.8 Å². The molecule has 7 heteroatoms. The van der Waals surface area contributed by atoms with Gasteiger partial charge in [-0.1, -0.05) is 24.6 Å². The number of rotatable bonds is 3. The first-order valence-electron chi connectivity index (χ1n) is 11.5. The van der Waals surface area contributed by atoms with Crippen LogP contribution in [0.1, 0.15) is 63.6 Å². The molecule has 1 fully saturated rings. The van der Waals surface area contributed by atoms with Crippen molar-refractivity contribution in [1.29, 1.82) is 0 Å². The summed E-state index contributed by atoms with van der Waals surface area (Å²) in [5.74, 6) is -0.612. The molecule has 0 spiro atoms. The molecule has 2 amide bonds. The first-order chi connectivity index (χ1) is 15.9. The predicted molar refractivity (Wildman–Crippen MR) is 144 cm³/mol. The molecule has 178 valence electrons. The van der Waals surface area contributed by atoms with Crippen LogP contribution in [0.15, 0.2) is 42.0 Å². The number of benzene rings is 2. The van der Waals surface area contributed by atoms with Gasteiger partial charge in [0.15, 0.2) is 5.11 Å². The number of carbonyl (C=O) groups is 2. The van der Waals surface area contributed by atoms with Crippen molar-refractivity contribution in [3.05, 3.63) is 63.7 Å². The van der Waals surface area contributed by atoms with Crippen LogP contribution in [-0.4, -0.2) is 28.5 Å². The Morgan fingerprint density at radius 1 is 1.21 bits per heavy atom. The third-order valence-electron chi connectivity index (χ3n) is 6.65. The molecule has 1 saturated heterocycles. The van der Waals surface area contributed by atoms with E-state index in [1.54, 1.807) is 30.3 Å². The fourth-order valence-corrected chi connectivity index (χ4v) is 5.87. The number of halogens is 1. The zero-order valence-electron chi connectivity index (χ0n) is 20.4. The van der Waals surface area contributed by atoms with Crippen molar-refractivity contribution in [1.82, 2.24) is 5.32 Å². The maximum atomic E-state index is 13.4. The topological polar surface area (TPSA) is 52.7 Å². The van der Waals surface area contributed by atoms with Crippen molar-refractivity contribution in [2.75, 3.05) is 9.80 Å². The first kappa shape index (κ1) is 24.4. The van der Waals surface area contributed by atoms with Gasteiger partial charge in [0.2, 0.25) is 0 Å². The van der Waals surface area contributed by atoms with Crippen LogP contribution in [0.3, 0.4) is 0 Å². The van der Waals surface area contributed by atoms with E-state index in [1.807, 2.05) is 6.92 Å². The molecule has 0 saturated carbocycles. The lowest BCUT2D eigenvalue weighted by atomic mass is 9.78. The molecule has 0 aliphatic carbocycles. The van der Waals surface area contributed by atoms with Crippen LogP contribution in [0.4, 0.5) is 11.4 Å². The van der Waals surface area contributed by atoms with E-state index >= 15 is 0 Å². The summed E-state index contributed by atoms with van der Waals surface area (Å²) in [7, 11) is 0. The van der Waals surface area contributed by atoms with E-state index in [4.69, 9.17) is 23.8 Å². The fourth-order valence-electron chi connectivity index (χ4n) is 5.41. The smallest absolute Gasteiger partial charge is 0.270 e. The largest absolute Gasteiger partial charge is 0.364 e. The highest BCUT2D eigenvalue weighted by Gasteiger charge is 2.38. The van der Waals surface area contributed by atoms with Gasteiger partial charge in [0, 0.05) is 22.3 Å². The van der Waals surface area contributed by atoms with Gasteiger partial charge in [-0.05, 0) is 112 Å². The van der Waals surface area contributed by atoms with Crippen LogP contribution in [0.5, 0.6) is 0 Å². The SMILES string of the molecule is Cc1cc2c(cc1/C=C1\C(=O)NC(=S)N(c3cccc(Cl)c3)C1=O)[C@@H](C)CC(C)(C)N2C(C)C. The number of fused-ring (bicyclic) bond motifs is 1. The summed E-state index contributed by atoms with van der Waals surface area (Å²) < 4.78 is 0. The molecule has 0 aromatic heterocycles. The van der Waals surface area contributed by atoms with Crippen molar-refractivity contribution in [3.8, 4) is 0 Å². The van der Waals surface area contributed by atoms with Crippen LogP contribution < -0.4 is 15.1 Å². The monoisotopic (exact) mass is 495 g/mol. The summed E-state index contributed by atoms with van der Waals surface area (Å²) in [6.45, 7) is 13.3. The van der Waals surface area contributed by atoms with Crippen molar-refractivity contribution >= 4 is 58.2 Å². The van der Waals surface area contributed by atoms with Gasteiger partial charge in [-0.25, -0.2) is 0 Å². The number of nitrogens with zero attached hydrogens (tertiary/aromatic N) is 2. The van der Waals surface area contributed by atoms with Crippen LogP contribution in [0, 0.1) is 6.92 Å². The van der Waals surface area contributed by atoms with Crippen molar-refractivity contribution in [2.45, 2.75) is 65.5 Å². The molecule has 34 heavy (non-hydrogen) atoms. The summed E-state index contributed by atoms with van der Waals surface area (Å²) in [4.78, 5) is 30.0. The maximum absolute atomic E-state index is 13.4. The lowest BCUT2D eigenvalue weighted by Gasteiger charge is -2.50. The van der Waals surface area contributed by atoms with E-state index in [9.17, 15) is 9.59 Å². The van der Waals surface area contributed by atoms with E-state index in [-0.39, 0.29) is 16.2 Å². The van der Waals surface area contributed by atoms with Gasteiger partial charge in [-0.15, -0.1) is 0 Å². The van der Waals surface area contributed by atoms with Crippen LogP contribution in [0.25, 0.3) is 6.08 Å². The second-order valence-electron chi connectivity index (χ2n) is 10.1. The van der Waals surface area contributed by atoms with Crippen LogP contribution in [-0.2, 0) is 9.59 Å². The Bertz CT molecular complexity index is 1230. The summed E-state index contributed by atoms with van der Waals surface area (Å²) in [6.07, 6.45) is 2.70. The number of hydrogen-bond donors (Lipinski definition) is 1. The maximum Gasteiger partial charge on any atom is 0.270 e. The van der Waals surface area contributed by atoms with Crippen LogP contribution in [0.2, 0.25) is 5.02 Å². The minimum atomic E-state index is -0.497. The van der Waals surface area contributed by atoms with Crippen molar-refractivity contribution < 1.29 is 9.59 Å². The lowest BCUT2D eigenvalue weighted by Crippen LogP contribution is -2.54. The van der Waals surface area contributed by atoms with Gasteiger partial charge >= 0.3 is 0 Å². The number of amides is 2. The number of thiocarbonyl (C=S) groups is 1. The lowest BCUT2D eigenvalue weighted by molar-refractivity contribution is -0.122. The Morgan fingerprint density at radius 2 is 1.91 bits per heavy atom. The highest BCUT2D eigenvalue weighted by molar-refractivity contribution is 7.80. The molecular weight excluding hydrogens is 466 g/mol. The summed E-state index contributed by atoms with van der Waals surface area (Å²) in [6, 6.07) is 11.5. The van der Waals surface area contributed by atoms with Gasteiger partial charge in [0.25, 0.3) is 11.8 Å². The molecule has 0 radical (unpaired) electrons. The third kappa shape index (κ3) is 4.25. The van der Waals surface area contributed by atoms with E-state index in [0.717, 1.165) is 17.5 Å². The number of anilines is 2. The molecule has 2 aromatic rings. The number of nitrogens with one attached hydrogen (secondary N) is 1. The minimum Gasteiger partial charge on any atom is -0.364 e. The van der Waals surface area contributed by atoms with E-state index < -0.39 is 11.8 Å². The van der Waals surface area contributed by atoms with E-state index in [1.165, 1.54) is 16.2 Å². The molecule has 1 atom stereocenters. The number of carbonyl (C=O) groups excluding carboxylic acids is 2. The molecule has 0 unspecified atom stereocenters. The molecule has 2 aliphatic rings. The van der Waals surface area contributed by atoms with Gasteiger partial charge in [-0.2, -0.15) is 0 Å². The Labute approximate surface area is 211 Å². The van der Waals surface area contributed by atoms with Crippen molar-refractivity contribution in [3.63, 3.8) is 0 Å². The zero-order chi connectivity index (χ0) is 24.9. The predicted octanol–water partition coefficient (Wildman–Crippen LogP) is 5.98. The molecule has 2 heterocycles. The van der Waals surface area contributed by atoms with Crippen molar-refractivity contribution in [2.24, 2.45) is 0 Å². The normalized spacial score (nSPS) is 21.2. The number of hydrogen-bond acceptors (Lipinski definition) is 4. The molecular formula is C27H30ClN3O2S. The Balaban J connectivity index is 1.79. The average Bonchev–Trinajstić information content (AvgIpc) is 2.70. The van der Waals surface area contributed by atoms with Gasteiger partial charge in [-0.3, -0.25) is 19.8 Å². The Hall–Kier alpha value is -2.70. The van der Waals surface area contributed by atoms with E-state index in [0.29, 0.717) is 22.7 Å². The summed E-state index contributed by atoms with van der Waals surface area (Å²) in [5, 5.41) is 3.17. The zero-order valence-corrected chi connectivity index (χ0v) is 22.0.